The Morgan fingerprint density at radius 3 is 2.60 bits per heavy atom. The number of carboxylic acids is 1. The minimum atomic E-state index is -1.18. The van der Waals surface area contributed by atoms with Crippen LogP contribution >= 0.6 is 11.6 Å². The lowest BCUT2D eigenvalue weighted by atomic mass is 10.1. The predicted octanol–water partition coefficient (Wildman–Crippen LogP) is 2.39. The number of aromatic nitrogens is 2. The number of hydrogen-bond acceptors (Lipinski definition) is 4. The van der Waals surface area contributed by atoms with Gasteiger partial charge in [0.25, 0.3) is 5.91 Å². The Morgan fingerprint density at radius 2 is 2.00 bits per heavy atom. The summed E-state index contributed by atoms with van der Waals surface area (Å²) in [5.41, 5.74) is 0.835. The van der Waals surface area contributed by atoms with Gasteiger partial charge in [-0.1, -0.05) is 11.6 Å². The van der Waals surface area contributed by atoms with Crippen molar-refractivity contribution in [1.82, 2.24) is 9.97 Å². The molecule has 2 rings (SSSR count). The van der Waals surface area contributed by atoms with E-state index in [1.807, 2.05) is 0 Å². The predicted molar refractivity (Wildman–Crippen MR) is 73.1 cm³/mol. The number of carbonyl (C=O) groups excluding carboxylic acids is 1. The highest BCUT2D eigenvalue weighted by Crippen LogP contribution is 2.21. The molecule has 0 aliphatic heterocycles. The summed E-state index contributed by atoms with van der Waals surface area (Å²) < 4.78 is 0. The van der Waals surface area contributed by atoms with E-state index in [0.29, 0.717) is 5.69 Å². The number of anilines is 1. The Labute approximate surface area is 119 Å². The first kappa shape index (κ1) is 14.0. The largest absolute Gasteiger partial charge is 0.478 e. The molecule has 0 atom stereocenters. The standard InChI is InChI=1S/C13H10ClN3O3/c1-7-5-16-11(6-15-7)12(18)17-10-3-2-8(14)4-9(10)13(19)20/h2-6H,1H3,(H,17,18)(H,19,20). The second-order valence-electron chi connectivity index (χ2n) is 3.99. The smallest absolute Gasteiger partial charge is 0.337 e. The number of carbonyl (C=O) groups is 2. The summed E-state index contributed by atoms with van der Waals surface area (Å²) >= 11 is 5.73. The lowest BCUT2D eigenvalue weighted by Gasteiger charge is -2.08. The Hall–Kier alpha value is -2.47. The second kappa shape index (κ2) is 5.66. The van der Waals surface area contributed by atoms with Crippen LogP contribution < -0.4 is 5.32 Å². The first-order valence-corrected chi connectivity index (χ1v) is 5.98. The van der Waals surface area contributed by atoms with Crippen molar-refractivity contribution in [3.05, 3.63) is 52.6 Å². The van der Waals surface area contributed by atoms with Crippen molar-refractivity contribution in [1.29, 1.82) is 0 Å². The maximum atomic E-state index is 11.9. The molecule has 0 fully saturated rings. The molecule has 7 heteroatoms. The lowest BCUT2D eigenvalue weighted by Crippen LogP contribution is -2.16. The number of nitrogens with one attached hydrogen (secondary N) is 1. The van der Waals surface area contributed by atoms with Crippen molar-refractivity contribution < 1.29 is 14.7 Å². The molecule has 1 aromatic heterocycles. The summed E-state index contributed by atoms with van der Waals surface area (Å²) in [7, 11) is 0. The molecular formula is C13H10ClN3O3. The van der Waals surface area contributed by atoms with E-state index < -0.39 is 11.9 Å². The van der Waals surface area contributed by atoms with Crippen molar-refractivity contribution in [2.75, 3.05) is 5.32 Å². The number of rotatable bonds is 3. The molecule has 0 saturated carbocycles. The summed E-state index contributed by atoms with van der Waals surface area (Å²) in [4.78, 5) is 30.9. The fourth-order valence-corrected chi connectivity index (χ4v) is 1.67. The highest BCUT2D eigenvalue weighted by molar-refractivity contribution is 6.31. The molecular weight excluding hydrogens is 282 g/mol. The number of hydrogen-bond donors (Lipinski definition) is 2. The molecule has 102 valence electrons. The third-order valence-corrected chi connectivity index (χ3v) is 2.71. The van der Waals surface area contributed by atoms with Gasteiger partial charge in [0, 0.05) is 11.2 Å². The van der Waals surface area contributed by atoms with Crippen LogP contribution in [-0.4, -0.2) is 27.0 Å². The molecule has 0 spiro atoms. The van der Waals surface area contributed by atoms with E-state index in [1.165, 1.54) is 30.6 Å². The van der Waals surface area contributed by atoms with Crippen LogP contribution in [0, 0.1) is 6.92 Å². The topological polar surface area (TPSA) is 92.2 Å². The molecule has 6 nitrogen and oxygen atoms in total. The summed E-state index contributed by atoms with van der Waals surface area (Å²) in [6.45, 7) is 1.75. The number of aryl methyl sites for hydroxylation is 1. The van der Waals surface area contributed by atoms with Gasteiger partial charge in [0.05, 0.1) is 23.1 Å². The maximum Gasteiger partial charge on any atom is 0.337 e. The Morgan fingerprint density at radius 1 is 1.25 bits per heavy atom. The van der Waals surface area contributed by atoms with Gasteiger partial charge in [-0.05, 0) is 25.1 Å². The molecule has 20 heavy (non-hydrogen) atoms. The maximum absolute atomic E-state index is 11.9. The highest BCUT2D eigenvalue weighted by Gasteiger charge is 2.15. The normalized spacial score (nSPS) is 10.1. The summed E-state index contributed by atoms with van der Waals surface area (Å²) in [6.07, 6.45) is 2.77. The van der Waals surface area contributed by atoms with E-state index in [1.54, 1.807) is 6.92 Å². The number of benzene rings is 1. The third-order valence-electron chi connectivity index (χ3n) is 2.47. The monoisotopic (exact) mass is 291 g/mol. The average Bonchev–Trinajstić information content (AvgIpc) is 2.41. The van der Waals surface area contributed by atoms with Crippen LogP contribution in [-0.2, 0) is 0 Å². The van der Waals surface area contributed by atoms with Crippen LogP contribution in [0.15, 0.2) is 30.6 Å². The van der Waals surface area contributed by atoms with Gasteiger partial charge in [-0.25, -0.2) is 9.78 Å². The Bertz CT molecular complexity index is 671. The summed E-state index contributed by atoms with van der Waals surface area (Å²) in [5.74, 6) is -1.72. The summed E-state index contributed by atoms with van der Waals surface area (Å²) in [6, 6.07) is 4.18. The van der Waals surface area contributed by atoms with Crippen LogP contribution in [0.25, 0.3) is 0 Å². The van der Waals surface area contributed by atoms with E-state index in [-0.39, 0.29) is 22.0 Å². The molecule has 0 bridgehead atoms. The Kier molecular flexibility index (Phi) is 3.95. The molecule has 0 unspecified atom stereocenters. The molecule has 0 aliphatic carbocycles. The fourth-order valence-electron chi connectivity index (χ4n) is 1.50. The van der Waals surface area contributed by atoms with E-state index in [4.69, 9.17) is 16.7 Å². The fraction of sp³-hybridized carbons (Fsp3) is 0.0769. The summed E-state index contributed by atoms with van der Waals surface area (Å²) in [5, 5.41) is 11.8. The van der Waals surface area contributed by atoms with E-state index in [9.17, 15) is 9.59 Å². The van der Waals surface area contributed by atoms with Crippen molar-refractivity contribution in [2.45, 2.75) is 6.92 Å². The van der Waals surface area contributed by atoms with Crippen LogP contribution in [0.1, 0.15) is 26.5 Å². The third kappa shape index (κ3) is 3.10. The van der Waals surface area contributed by atoms with Gasteiger partial charge >= 0.3 is 5.97 Å². The first-order valence-electron chi connectivity index (χ1n) is 5.60. The molecule has 1 heterocycles. The molecule has 1 amide bonds. The van der Waals surface area contributed by atoms with Crippen molar-refractivity contribution >= 4 is 29.2 Å². The van der Waals surface area contributed by atoms with Gasteiger partial charge in [-0.15, -0.1) is 0 Å². The quantitative estimate of drug-likeness (QED) is 0.906. The van der Waals surface area contributed by atoms with E-state index in [0.717, 1.165) is 0 Å². The van der Waals surface area contributed by atoms with Crippen LogP contribution in [0.4, 0.5) is 5.69 Å². The molecule has 0 saturated heterocycles. The number of halogens is 1. The lowest BCUT2D eigenvalue weighted by molar-refractivity contribution is 0.0698. The minimum Gasteiger partial charge on any atom is -0.478 e. The van der Waals surface area contributed by atoms with E-state index >= 15 is 0 Å². The zero-order valence-corrected chi connectivity index (χ0v) is 11.2. The van der Waals surface area contributed by atoms with Gasteiger partial charge < -0.3 is 10.4 Å². The van der Waals surface area contributed by atoms with Gasteiger partial charge in [0.2, 0.25) is 0 Å². The van der Waals surface area contributed by atoms with Gasteiger partial charge in [-0.3, -0.25) is 9.78 Å². The zero-order valence-electron chi connectivity index (χ0n) is 10.4. The first-order chi connectivity index (χ1) is 9.47. The van der Waals surface area contributed by atoms with Crippen molar-refractivity contribution in [3.8, 4) is 0 Å². The average molecular weight is 292 g/mol. The van der Waals surface area contributed by atoms with Crippen molar-refractivity contribution in [2.24, 2.45) is 0 Å². The second-order valence-corrected chi connectivity index (χ2v) is 4.43. The van der Waals surface area contributed by atoms with Crippen LogP contribution in [0.3, 0.4) is 0 Å². The number of amides is 1. The number of carboxylic acid groups (broad SMARTS) is 1. The van der Waals surface area contributed by atoms with E-state index in [2.05, 4.69) is 15.3 Å². The number of aromatic carboxylic acids is 1. The molecule has 2 N–H and O–H groups in total. The van der Waals surface area contributed by atoms with Crippen LogP contribution in [0.5, 0.6) is 0 Å². The van der Waals surface area contributed by atoms with Gasteiger partial charge in [0.15, 0.2) is 0 Å². The SMILES string of the molecule is Cc1cnc(C(=O)Nc2ccc(Cl)cc2C(=O)O)cn1. The molecule has 2 aromatic rings. The zero-order chi connectivity index (χ0) is 14.7. The van der Waals surface area contributed by atoms with Crippen molar-refractivity contribution in [3.63, 3.8) is 0 Å². The molecule has 0 aliphatic rings. The molecule has 1 aromatic carbocycles. The highest BCUT2D eigenvalue weighted by atomic mass is 35.5. The Balaban J connectivity index is 2.28. The van der Waals surface area contributed by atoms with Gasteiger partial charge in [-0.2, -0.15) is 0 Å². The minimum absolute atomic E-state index is 0.0917. The van der Waals surface area contributed by atoms with Crippen LogP contribution in [0.2, 0.25) is 5.02 Å². The number of nitrogens with zero attached hydrogens (tertiary/aromatic N) is 2. The van der Waals surface area contributed by atoms with Gasteiger partial charge in [0.1, 0.15) is 5.69 Å². The molecule has 0 radical (unpaired) electrons.